The summed E-state index contributed by atoms with van der Waals surface area (Å²) in [6.07, 6.45) is 5.52. The molecule has 1 amide bonds. The van der Waals surface area contributed by atoms with Crippen molar-refractivity contribution in [1.29, 1.82) is 5.26 Å². The first-order valence-electron chi connectivity index (χ1n) is 8.16. The summed E-state index contributed by atoms with van der Waals surface area (Å²) in [4.78, 5) is 14.0. The van der Waals surface area contributed by atoms with Gasteiger partial charge in [-0.25, -0.2) is 0 Å². The first kappa shape index (κ1) is 20.8. The molecule has 0 atom stereocenters. The number of nitrogens with zero attached hydrogens (tertiary/aromatic N) is 2. The van der Waals surface area contributed by atoms with E-state index in [0.29, 0.717) is 37.6 Å². The number of carbonyl (C=O) groups is 1. The molecule has 0 heterocycles. The fourth-order valence-electron chi connectivity index (χ4n) is 2.28. The molecular weight excluding hydrogens is 330 g/mol. The van der Waals surface area contributed by atoms with Gasteiger partial charge in [0, 0.05) is 25.8 Å². The van der Waals surface area contributed by atoms with Crippen LogP contribution in [0.15, 0.2) is 55.3 Å². The van der Waals surface area contributed by atoms with Crippen molar-refractivity contribution in [2.75, 3.05) is 33.9 Å². The number of hydrogen-bond donors (Lipinski definition) is 1. The normalized spacial score (nSPS) is 10.4. The second-order valence-electron chi connectivity index (χ2n) is 5.38. The lowest BCUT2D eigenvalue weighted by Gasteiger charge is -2.16. The standard InChI is InChI=1S/C20H25N3O3/c1-5-11-23(12-6-2)15-17(14-21)20(24)22-10-9-16-7-8-18(25-3)19(13-16)26-4/h5-8,13,15H,1-2,9-12H2,3-4H3,(H,22,24)/b17-15-. The smallest absolute Gasteiger partial charge is 0.263 e. The maximum atomic E-state index is 12.2. The second kappa shape index (κ2) is 11.4. The Hall–Kier alpha value is -3.20. The summed E-state index contributed by atoms with van der Waals surface area (Å²) in [7, 11) is 3.15. The molecule has 0 fully saturated rings. The number of nitriles is 1. The molecule has 0 saturated carbocycles. The van der Waals surface area contributed by atoms with Crippen LogP contribution in [0, 0.1) is 11.3 Å². The third-order valence-electron chi connectivity index (χ3n) is 3.55. The maximum Gasteiger partial charge on any atom is 0.263 e. The van der Waals surface area contributed by atoms with Gasteiger partial charge in [0.1, 0.15) is 11.6 Å². The summed E-state index contributed by atoms with van der Waals surface area (Å²) >= 11 is 0. The van der Waals surface area contributed by atoms with Crippen LogP contribution in [-0.4, -0.2) is 44.7 Å². The van der Waals surface area contributed by atoms with Crippen LogP contribution in [0.3, 0.4) is 0 Å². The number of benzene rings is 1. The van der Waals surface area contributed by atoms with E-state index in [-0.39, 0.29) is 5.57 Å². The van der Waals surface area contributed by atoms with Gasteiger partial charge in [0.2, 0.25) is 0 Å². The Balaban J connectivity index is 2.68. The second-order valence-corrected chi connectivity index (χ2v) is 5.38. The van der Waals surface area contributed by atoms with Gasteiger partial charge in [0.15, 0.2) is 11.5 Å². The number of ether oxygens (including phenoxy) is 2. The molecule has 0 aromatic heterocycles. The van der Waals surface area contributed by atoms with E-state index < -0.39 is 5.91 Å². The Morgan fingerprint density at radius 2 is 1.88 bits per heavy atom. The van der Waals surface area contributed by atoms with Crippen molar-refractivity contribution in [1.82, 2.24) is 10.2 Å². The van der Waals surface area contributed by atoms with E-state index >= 15 is 0 Å². The zero-order chi connectivity index (χ0) is 19.4. The van der Waals surface area contributed by atoms with Gasteiger partial charge < -0.3 is 19.7 Å². The van der Waals surface area contributed by atoms with Crippen LogP contribution < -0.4 is 14.8 Å². The van der Waals surface area contributed by atoms with Crippen LogP contribution in [0.5, 0.6) is 11.5 Å². The molecule has 26 heavy (non-hydrogen) atoms. The third-order valence-corrected chi connectivity index (χ3v) is 3.55. The van der Waals surface area contributed by atoms with Gasteiger partial charge in [0.25, 0.3) is 5.91 Å². The quantitative estimate of drug-likeness (QED) is 0.375. The van der Waals surface area contributed by atoms with Gasteiger partial charge in [-0.05, 0) is 24.1 Å². The van der Waals surface area contributed by atoms with Crippen molar-refractivity contribution in [2.24, 2.45) is 0 Å². The lowest BCUT2D eigenvalue weighted by Crippen LogP contribution is -2.28. The van der Waals surface area contributed by atoms with Crippen molar-refractivity contribution in [3.8, 4) is 17.6 Å². The van der Waals surface area contributed by atoms with Crippen molar-refractivity contribution in [3.63, 3.8) is 0 Å². The van der Waals surface area contributed by atoms with E-state index in [4.69, 9.17) is 9.47 Å². The minimum absolute atomic E-state index is 0.0426. The third kappa shape index (κ3) is 6.36. The van der Waals surface area contributed by atoms with E-state index in [0.717, 1.165) is 5.56 Å². The average molecular weight is 355 g/mol. The van der Waals surface area contributed by atoms with Gasteiger partial charge in [-0.1, -0.05) is 18.2 Å². The van der Waals surface area contributed by atoms with E-state index in [1.807, 2.05) is 24.3 Å². The predicted octanol–water partition coefficient (Wildman–Crippen LogP) is 2.44. The molecule has 1 aromatic carbocycles. The Labute approximate surface area is 155 Å². The number of methoxy groups -OCH3 is 2. The zero-order valence-electron chi connectivity index (χ0n) is 15.3. The first-order chi connectivity index (χ1) is 12.6. The molecule has 6 heteroatoms. The maximum absolute atomic E-state index is 12.2. The molecule has 0 aliphatic rings. The summed E-state index contributed by atoms with van der Waals surface area (Å²) in [5.74, 6) is 0.879. The molecule has 0 bridgehead atoms. The van der Waals surface area contributed by atoms with Gasteiger partial charge in [-0.2, -0.15) is 5.26 Å². The fraction of sp³-hybridized carbons (Fsp3) is 0.300. The minimum Gasteiger partial charge on any atom is -0.493 e. The number of amides is 1. The summed E-state index contributed by atoms with van der Waals surface area (Å²) in [6, 6.07) is 7.52. The van der Waals surface area contributed by atoms with Gasteiger partial charge in [-0.15, -0.1) is 13.2 Å². The van der Waals surface area contributed by atoms with Gasteiger partial charge in [0.05, 0.1) is 14.2 Å². The highest BCUT2D eigenvalue weighted by Crippen LogP contribution is 2.27. The molecule has 0 unspecified atom stereocenters. The lowest BCUT2D eigenvalue weighted by atomic mass is 10.1. The molecule has 138 valence electrons. The Morgan fingerprint density at radius 3 is 2.42 bits per heavy atom. The largest absolute Gasteiger partial charge is 0.493 e. The Kier molecular flexibility index (Phi) is 9.12. The lowest BCUT2D eigenvalue weighted by molar-refractivity contribution is -0.117. The topological polar surface area (TPSA) is 74.6 Å². The van der Waals surface area contributed by atoms with Gasteiger partial charge >= 0.3 is 0 Å². The fourth-order valence-corrected chi connectivity index (χ4v) is 2.28. The summed E-state index contributed by atoms with van der Waals surface area (Å²) < 4.78 is 10.5. The SMILES string of the molecule is C=CCN(/C=C(/C#N)C(=O)NCCc1ccc(OC)c(OC)c1)CC=C. The molecule has 0 radical (unpaired) electrons. The van der Waals surface area contributed by atoms with Crippen LogP contribution in [-0.2, 0) is 11.2 Å². The summed E-state index contributed by atoms with van der Waals surface area (Å²) in [6.45, 7) is 8.77. The summed E-state index contributed by atoms with van der Waals surface area (Å²) in [5, 5.41) is 12.0. The van der Waals surface area contributed by atoms with Crippen LogP contribution in [0.2, 0.25) is 0 Å². The molecule has 0 aliphatic carbocycles. The van der Waals surface area contributed by atoms with Crippen molar-refractivity contribution < 1.29 is 14.3 Å². The van der Waals surface area contributed by atoms with Crippen LogP contribution in [0.25, 0.3) is 0 Å². The molecule has 0 aliphatic heterocycles. The molecule has 0 spiro atoms. The average Bonchev–Trinajstić information content (AvgIpc) is 2.65. The highest BCUT2D eigenvalue weighted by Gasteiger charge is 2.11. The number of nitrogens with one attached hydrogen (secondary N) is 1. The Bertz CT molecular complexity index is 695. The molecule has 0 saturated heterocycles. The van der Waals surface area contributed by atoms with Crippen LogP contribution in [0.1, 0.15) is 5.56 Å². The Morgan fingerprint density at radius 1 is 1.23 bits per heavy atom. The van der Waals surface area contributed by atoms with Gasteiger partial charge in [-0.3, -0.25) is 4.79 Å². The van der Waals surface area contributed by atoms with Crippen LogP contribution in [0.4, 0.5) is 0 Å². The molecule has 1 aromatic rings. The van der Waals surface area contributed by atoms with E-state index in [2.05, 4.69) is 18.5 Å². The first-order valence-corrected chi connectivity index (χ1v) is 8.16. The van der Waals surface area contributed by atoms with E-state index in [1.54, 1.807) is 31.3 Å². The minimum atomic E-state index is -0.411. The molecular formula is C20H25N3O3. The van der Waals surface area contributed by atoms with Crippen LogP contribution >= 0.6 is 0 Å². The highest BCUT2D eigenvalue weighted by molar-refractivity contribution is 5.97. The molecule has 6 nitrogen and oxygen atoms in total. The summed E-state index contributed by atoms with van der Waals surface area (Å²) in [5.41, 5.74) is 1.03. The van der Waals surface area contributed by atoms with E-state index in [1.165, 1.54) is 6.20 Å². The predicted molar refractivity (Wildman–Crippen MR) is 102 cm³/mol. The zero-order valence-corrected chi connectivity index (χ0v) is 15.3. The monoisotopic (exact) mass is 355 g/mol. The van der Waals surface area contributed by atoms with E-state index in [9.17, 15) is 10.1 Å². The highest BCUT2D eigenvalue weighted by atomic mass is 16.5. The molecule has 1 rings (SSSR count). The number of hydrogen-bond acceptors (Lipinski definition) is 5. The van der Waals surface area contributed by atoms with Crippen molar-refractivity contribution >= 4 is 5.91 Å². The number of carbonyl (C=O) groups excluding carboxylic acids is 1. The van der Waals surface area contributed by atoms with Crippen molar-refractivity contribution in [3.05, 3.63) is 60.8 Å². The molecule has 1 N–H and O–H groups in total. The number of rotatable bonds is 11. The van der Waals surface area contributed by atoms with Crippen molar-refractivity contribution in [2.45, 2.75) is 6.42 Å².